The number of methoxy groups -OCH3 is 1. The summed E-state index contributed by atoms with van der Waals surface area (Å²) in [5.41, 5.74) is 2.80. The van der Waals surface area contributed by atoms with Gasteiger partial charge in [0.05, 0.1) is 13.7 Å². The second-order valence-electron chi connectivity index (χ2n) is 6.28. The predicted octanol–water partition coefficient (Wildman–Crippen LogP) is 3.66. The molecule has 6 heteroatoms. The number of benzene rings is 2. The fourth-order valence-electron chi connectivity index (χ4n) is 2.77. The number of nitrogens with zero attached hydrogens (tertiary/aromatic N) is 1. The molecule has 0 aliphatic rings. The summed E-state index contributed by atoms with van der Waals surface area (Å²) in [6, 6.07) is 13.4. The Labute approximate surface area is 158 Å². The molecular weight excluding hydrogens is 344 g/mol. The van der Waals surface area contributed by atoms with Crippen molar-refractivity contribution in [1.82, 2.24) is 10.3 Å². The van der Waals surface area contributed by atoms with E-state index >= 15 is 0 Å². The van der Waals surface area contributed by atoms with Gasteiger partial charge in [0, 0.05) is 12.8 Å². The lowest BCUT2D eigenvalue weighted by molar-refractivity contribution is -0.121. The quantitative estimate of drug-likeness (QED) is 0.584. The van der Waals surface area contributed by atoms with Gasteiger partial charge in [0.1, 0.15) is 12.1 Å². The van der Waals surface area contributed by atoms with E-state index in [1.807, 2.05) is 49.4 Å². The zero-order chi connectivity index (χ0) is 19.1. The van der Waals surface area contributed by atoms with Crippen molar-refractivity contribution in [1.29, 1.82) is 0 Å². The number of aryl methyl sites for hydroxylation is 2. The number of ether oxygens (including phenoxy) is 2. The second kappa shape index (κ2) is 9.07. The van der Waals surface area contributed by atoms with Gasteiger partial charge in [-0.05, 0) is 43.2 Å². The predicted molar refractivity (Wildman–Crippen MR) is 103 cm³/mol. The molecule has 2 aromatic carbocycles. The van der Waals surface area contributed by atoms with E-state index in [2.05, 4.69) is 10.3 Å². The van der Waals surface area contributed by atoms with Crippen LogP contribution in [0.2, 0.25) is 0 Å². The van der Waals surface area contributed by atoms with E-state index in [4.69, 9.17) is 13.9 Å². The van der Waals surface area contributed by atoms with Crippen molar-refractivity contribution in [3.63, 3.8) is 0 Å². The van der Waals surface area contributed by atoms with Crippen molar-refractivity contribution in [3.8, 4) is 11.5 Å². The molecule has 27 heavy (non-hydrogen) atoms. The molecule has 3 aromatic rings. The highest BCUT2D eigenvalue weighted by molar-refractivity contribution is 5.76. The molecule has 142 valence electrons. The van der Waals surface area contributed by atoms with Crippen LogP contribution in [0.5, 0.6) is 11.5 Å². The molecule has 0 aliphatic heterocycles. The van der Waals surface area contributed by atoms with Gasteiger partial charge in [-0.1, -0.05) is 18.2 Å². The van der Waals surface area contributed by atoms with Crippen LogP contribution in [0.4, 0.5) is 0 Å². The number of fused-ring (bicyclic) bond motifs is 1. The number of carbonyl (C=O) groups excluding carboxylic acids is 1. The van der Waals surface area contributed by atoms with Gasteiger partial charge in [-0.25, -0.2) is 4.98 Å². The van der Waals surface area contributed by atoms with Crippen LogP contribution in [0, 0.1) is 6.92 Å². The summed E-state index contributed by atoms with van der Waals surface area (Å²) in [4.78, 5) is 16.4. The topological polar surface area (TPSA) is 73.6 Å². The molecule has 0 bridgehead atoms. The Hall–Kier alpha value is -3.02. The van der Waals surface area contributed by atoms with E-state index < -0.39 is 0 Å². The van der Waals surface area contributed by atoms with E-state index in [1.165, 1.54) is 0 Å². The SMILES string of the molecule is COc1ccccc1OCCNC(=O)CCCc1nc2cc(C)ccc2o1. The maximum Gasteiger partial charge on any atom is 0.220 e. The largest absolute Gasteiger partial charge is 0.493 e. The maximum atomic E-state index is 11.9. The minimum atomic E-state index is -0.00872. The molecule has 3 rings (SSSR count). The summed E-state index contributed by atoms with van der Waals surface area (Å²) in [6.45, 7) is 2.85. The molecule has 0 radical (unpaired) electrons. The first-order valence-corrected chi connectivity index (χ1v) is 9.04. The smallest absolute Gasteiger partial charge is 0.220 e. The van der Waals surface area contributed by atoms with E-state index in [9.17, 15) is 4.79 Å². The molecule has 1 aromatic heterocycles. The van der Waals surface area contributed by atoms with Gasteiger partial charge in [-0.15, -0.1) is 0 Å². The molecule has 0 saturated heterocycles. The van der Waals surface area contributed by atoms with E-state index in [1.54, 1.807) is 7.11 Å². The molecule has 1 N–H and O–H groups in total. The standard InChI is InChI=1S/C21H24N2O4/c1-15-10-11-17-16(14-15)23-21(27-17)9-5-8-20(24)22-12-13-26-19-7-4-3-6-18(19)25-2/h3-4,6-7,10-11,14H,5,8-9,12-13H2,1-2H3,(H,22,24). The van der Waals surface area contributed by atoms with Crippen LogP contribution in [-0.4, -0.2) is 31.2 Å². The zero-order valence-corrected chi connectivity index (χ0v) is 15.7. The Kier molecular flexibility index (Phi) is 6.30. The third-order valence-electron chi connectivity index (χ3n) is 4.13. The molecule has 0 spiro atoms. The number of nitrogens with one attached hydrogen (secondary N) is 1. The van der Waals surface area contributed by atoms with Gasteiger partial charge in [0.15, 0.2) is 23.0 Å². The lowest BCUT2D eigenvalue weighted by Gasteiger charge is -2.10. The molecule has 1 amide bonds. The summed E-state index contributed by atoms with van der Waals surface area (Å²) in [7, 11) is 1.60. The summed E-state index contributed by atoms with van der Waals surface area (Å²) >= 11 is 0. The Balaban J connectivity index is 1.35. The first kappa shape index (κ1) is 18.8. The molecule has 0 aliphatic carbocycles. The molecule has 0 fully saturated rings. The number of para-hydroxylation sites is 2. The third kappa shape index (κ3) is 5.23. The Morgan fingerprint density at radius 2 is 2.00 bits per heavy atom. The Bertz CT molecular complexity index is 904. The normalized spacial score (nSPS) is 10.7. The number of oxazole rings is 1. The van der Waals surface area contributed by atoms with Crippen molar-refractivity contribution in [2.75, 3.05) is 20.3 Å². The zero-order valence-electron chi connectivity index (χ0n) is 15.7. The van der Waals surface area contributed by atoms with Gasteiger partial charge < -0.3 is 19.2 Å². The van der Waals surface area contributed by atoms with Crippen LogP contribution in [0.3, 0.4) is 0 Å². The molecule has 0 saturated carbocycles. The average molecular weight is 368 g/mol. The van der Waals surface area contributed by atoms with Gasteiger partial charge >= 0.3 is 0 Å². The summed E-state index contributed by atoms with van der Waals surface area (Å²) < 4.78 is 16.6. The average Bonchev–Trinajstić information content (AvgIpc) is 3.07. The second-order valence-corrected chi connectivity index (χ2v) is 6.28. The van der Waals surface area contributed by atoms with Crippen LogP contribution in [0.25, 0.3) is 11.1 Å². The molecule has 0 unspecified atom stereocenters. The summed E-state index contributed by atoms with van der Waals surface area (Å²) in [5, 5.41) is 2.85. The van der Waals surface area contributed by atoms with Crippen LogP contribution >= 0.6 is 0 Å². The van der Waals surface area contributed by atoms with Gasteiger partial charge in [-0.3, -0.25) is 4.79 Å². The van der Waals surface area contributed by atoms with Gasteiger partial charge in [0.25, 0.3) is 0 Å². The first-order valence-electron chi connectivity index (χ1n) is 9.04. The van der Waals surface area contributed by atoms with Crippen LogP contribution < -0.4 is 14.8 Å². The summed E-state index contributed by atoms with van der Waals surface area (Å²) in [5.74, 6) is 2.01. The maximum absolute atomic E-state index is 11.9. The Morgan fingerprint density at radius 3 is 2.81 bits per heavy atom. The van der Waals surface area contributed by atoms with E-state index in [0.29, 0.717) is 49.8 Å². The third-order valence-corrected chi connectivity index (χ3v) is 4.13. The van der Waals surface area contributed by atoms with Crippen molar-refractivity contribution in [3.05, 3.63) is 53.9 Å². The summed E-state index contributed by atoms with van der Waals surface area (Å²) in [6.07, 6.45) is 1.75. The fourth-order valence-corrected chi connectivity index (χ4v) is 2.77. The molecule has 6 nitrogen and oxygen atoms in total. The van der Waals surface area contributed by atoms with Crippen molar-refractivity contribution in [2.24, 2.45) is 0 Å². The fraction of sp³-hybridized carbons (Fsp3) is 0.333. The van der Waals surface area contributed by atoms with Crippen LogP contribution in [0.15, 0.2) is 46.9 Å². The highest BCUT2D eigenvalue weighted by atomic mass is 16.5. The number of hydrogen-bond donors (Lipinski definition) is 1. The first-order chi connectivity index (χ1) is 13.2. The number of hydrogen-bond acceptors (Lipinski definition) is 5. The van der Waals surface area contributed by atoms with Gasteiger partial charge in [0.2, 0.25) is 5.91 Å². The monoisotopic (exact) mass is 368 g/mol. The van der Waals surface area contributed by atoms with Crippen LogP contribution in [0.1, 0.15) is 24.3 Å². The highest BCUT2D eigenvalue weighted by Gasteiger charge is 2.08. The van der Waals surface area contributed by atoms with Crippen molar-refractivity contribution in [2.45, 2.75) is 26.2 Å². The molecule has 0 atom stereocenters. The highest BCUT2D eigenvalue weighted by Crippen LogP contribution is 2.25. The number of carbonyl (C=O) groups is 1. The lowest BCUT2D eigenvalue weighted by atomic mass is 10.2. The minimum Gasteiger partial charge on any atom is -0.493 e. The van der Waals surface area contributed by atoms with E-state index in [0.717, 1.165) is 16.7 Å². The van der Waals surface area contributed by atoms with Crippen LogP contribution in [-0.2, 0) is 11.2 Å². The van der Waals surface area contributed by atoms with Crippen molar-refractivity contribution < 1.29 is 18.7 Å². The van der Waals surface area contributed by atoms with Gasteiger partial charge in [-0.2, -0.15) is 0 Å². The minimum absolute atomic E-state index is 0.00872. The van der Waals surface area contributed by atoms with Crippen molar-refractivity contribution >= 4 is 17.0 Å². The van der Waals surface area contributed by atoms with E-state index in [-0.39, 0.29) is 5.91 Å². The number of rotatable bonds is 9. The number of aromatic nitrogens is 1. The number of amides is 1. The lowest BCUT2D eigenvalue weighted by Crippen LogP contribution is -2.27. The molecular formula is C21H24N2O4. The Morgan fingerprint density at radius 1 is 1.19 bits per heavy atom. The molecule has 1 heterocycles.